The molecule has 3 atom stereocenters. The summed E-state index contributed by atoms with van der Waals surface area (Å²) in [5.41, 5.74) is -1.91. The van der Waals surface area contributed by atoms with Gasteiger partial charge in [0.15, 0.2) is 0 Å². The molecule has 0 amide bonds. The molecule has 4 rings (SSSR count). The number of hydrogen-bond acceptors (Lipinski definition) is 4. The van der Waals surface area contributed by atoms with E-state index >= 15 is 0 Å². The van der Waals surface area contributed by atoms with Gasteiger partial charge in [0.05, 0.1) is 29.9 Å². The molecule has 0 radical (unpaired) electrons. The van der Waals surface area contributed by atoms with Gasteiger partial charge in [-0.25, -0.2) is 4.98 Å². The SMILES string of the molecule is CC(OC[C@H]1CCC(Nc2ccccn2)CN1c1ccccc1)c1cc(C(F)(F)F)cc(C(F)(F)F)c1. The van der Waals surface area contributed by atoms with Gasteiger partial charge in [0.2, 0.25) is 0 Å². The van der Waals surface area contributed by atoms with Crippen molar-refractivity contribution in [1.82, 2.24) is 4.98 Å². The van der Waals surface area contributed by atoms with Crippen LogP contribution in [-0.2, 0) is 17.1 Å². The third kappa shape index (κ3) is 6.94. The number of ether oxygens (including phenoxy) is 1. The van der Waals surface area contributed by atoms with E-state index in [2.05, 4.69) is 15.2 Å². The number of halogens is 6. The van der Waals surface area contributed by atoms with Gasteiger partial charge in [0, 0.05) is 24.5 Å². The average Bonchev–Trinajstić information content (AvgIpc) is 2.87. The van der Waals surface area contributed by atoms with Crippen molar-refractivity contribution in [2.45, 2.75) is 50.3 Å². The molecule has 0 bridgehead atoms. The van der Waals surface area contributed by atoms with Gasteiger partial charge < -0.3 is 15.0 Å². The van der Waals surface area contributed by atoms with Gasteiger partial charge in [-0.1, -0.05) is 24.3 Å². The second-order valence-electron chi connectivity index (χ2n) is 9.09. The molecule has 198 valence electrons. The fourth-order valence-corrected chi connectivity index (χ4v) is 4.48. The molecule has 10 heteroatoms. The summed E-state index contributed by atoms with van der Waals surface area (Å²) in [7, 11) is 0. The Labute approximate surface area is 211 Å². The van der Waals surface area contributed by atoms with Crippen LogP contribution in [0.5, 0.6) is 0 Å². The molecule has 2 heterocycles. The number of para-hydroxylation sites is 1. The minimum Gasteiger partial charge on any atom is -0.372 e. The Morgan fingerprint density at radius 3 is 2.16 bits per heavy atom. The molecule has 1 aliphatic rings. The first-order valence-electron chi connectivity index (χ1n) is 11.9. The van der Waals surface area contributed by atoms with Crippen LogP contribution in [-0.4, -0.2) is 30.2 Å². The van der Waals surface area contributed by atoms with Crippen molar-refractivity contribution in [2.24, 2.45) is 0 Å². The molecule has 1 saturated heterocycles. The molecule has 0 saturated carbocycles. The van der Waals surface area contributed by atoms with Gasteiger partial charge in [-0.05, 0) is 67.8 Å². The summed E-state index contributed by atoms with van der Waals surface area (Å²) in [5, 5.41) is 3.43. The first-order chi connectivity index (χ1) is 17.5. The highest BCUT2D eigenvalue weighted by atomic mass is 19.4. The van der Waals surface area contributed by atoms with Crippen molar-refractivity contribution < 1.29 is 31.1 Å². The number of alkyl halides is 6. The molecular weight excluding hydrogens is 496 g/mol. The Morgan fingerprint density at radius 2 is 1.57 bits per heavy atom. The quantitative estimate of drug-likeness (QED) is 0.329. The first-order valence-corrected chi connectivity index (χ1v) is 11.9. The minimum absolute atomic E-state index is 0.0987. The Hall–Kier alpha value is -3.27. The highest BCUT2D eigenvalue weighted by molar-refractivity contribution is 5.49. The van der Waals surface area contributed by atoms with Crippen molar-refractivity contribution >= 4 is 11.5 Å². The number of anilines is 2. The largest absolute Gasteiger partial charge is 0.416 e. The molecule has 3 aromatic rings. The van der Waals surface area contributed by atoms with Crippen molar-refractivity contribution in [1.29, 1.82) is 0 Å². The molecule has 1 aromatic heterocycles. The van der Waals surface area contributed by atoms with Gasteiger partial charge in [-0.15, -0.1) is 0 Å². The van der Waals surface area contributed by atoms with E-state index in [0.717, 1.165) is 30.1 Å². The van der Waals surface area contributed by atoms with Gasteiger partial charge in [0.1, 0.15) is 5.82 Å². The Balaban J connectivity index is 1.50. The summed E-state index contributed by atoms with van der Waals surface area (Å²) in [6.45, 7) is 2.24. The second-order valence-corrected chi connectivity index (χ2v) is 9.09. The van der Waals surface area contributed by atoms with E-state index in [1.807, 2.05) is 48.5 Å². The van der Waals surface area contributed by atoms with Gasteiger partial charge in [-0.2, -0.15) is 26.3 Å². The fraction of sp³-hybridized carbons (Fsp3) is 0.370. The predicted octanol–water partition coefficient (Wildman–Crippen LogP) is 7.35. The summed E-state index contributed by atoms with van der Waals surface area (Å²) < 4.78 is 85.6. The number of nitrogens with zero attached hydrogens (tertiary/aromatic N) is 2. The molecule has 1 N–H and O–H groups in total. The molecule has 2 unspecified atom stereocenters. The van der Waals surface area contributed by atoms with Crippen molar-refractivity contribution in [3.63, 3.8) is 0 Å². The van der Waals surface area contributed by atoms with Crippen LogP contribution in [0, 0.1) is 0 Å². The summed E-state index contributed by atoms with van der Waals surface area (Å²) in [5.74, 6) is 0.758. The lowest BCUT2D eigenvalue weighted by Gasteiger charge is -2.42. The molecule has 1 fully saturated rings. The zero-order valence-electron chi connectivity index (χ0n) is 20.1. The standard InChI is InChI=1S/C27H27F6N3O/c1-18(19-13-20(26(28,29)30)15-21(14-19)27(31,32)33)37-17-24-11-10-22(35-25-9-5-6-12-34-25)16-36(24)23-7-3-2-4-8-23/h2-9,12-15,18,22,24H,10-11,16-17H2,1H3,(H,34,35)/t18?,22?,24-/m1/s1. The number of piperidine rings is 1. The van der Waals surface area contributed by atoms with Crippen LogP contribution in [0.1, 0.15) is 42.6 Å². The molecule has 2 aromatic carbocycles. The third-order valence-electron chi connectivity index (χ3n) is 6.43. The zero-order chi connectivity index (χ0) is 26.6. The van der Waals surface area contributed by atoms with E-state index in [-0.39, 0.29) is 30.3 Å². The summed E-state index contributed by atoms with van der Waals surface area (Å²) in [4.78, 5) is 6.47. The number of nitrogens with one attached hydrogen (secondary N) is 1. The van der Waals surface area contributed by atoms with Crippen LogP contribution < -0.4 is 10.2 Å². The van der Waals surface area contributed by atoms with Crippen molar-refractivity contribution in [3.8, 4) is 0 Å². The van der Waals surface area contributed by atoms with Gasteiger partial charge in [-0.3, -0.25) is 0 Å². The van der Waals surface area contributed by atoms with E-state index < -0.39 is 29.6 Å². The summed E-state index contributed by atoms with van der Waals surface area (Å²) >= 11 is 0. The van der Waals surface area contributed by atoms with Crippen LogP contribution in [0.15, 0.2) is 72.9 Å². The van der Waals surface area contributed by atoms with E-state index in [9.17, 15) is 26.3 Å². The molecule has 0 spiro atoms. The summed E-state index contributed by atoms with van der Waals surface area (Å²) in [6.07, 6.45) is -7.56. The van der Waals surface area contributed by atoms with Crippen LogP contribution >= 0.6 is 0 Å². The molecular formula is C27H27F6N3O. The Bertz CT molecular complexity index is 1120. The van der Waals surface area contributed by atoms with E-state index in [0.29, 0.717) is 13.0 Å². The predicted molar refractivity (Wildman–Crippen MR) is 129 cm³/mol. The van der Waals surface area contributed by atoms with Crippen LogP contribution in [0.4, 0.5) is 37.8 Å². The molecule has 37 heavy (non-hydrogen) atoms. The van der Waals surface area contributed by atoms with Crippen molar-refractivity contribution in [2.75, 3.05) is 23.4 Å². The maximum Gasteiger partial charge on any atom is 0.416 e. The fourth-order valence-electron chi connectivity index (χ4n) is 4.48. The highest BCUT2D eigenvalue weighted by Crippen LogP contribution is 2.38. The monoisotopic (exact) mass is 523 g/mol. The summed E-state index contributed by atoms with van der Waals surface area (Å²) in [6, 6.07) is 16.8. The number of pyridine rings is 1. The molecule has 4 nitrogen and oxygen atoms in total. The topological polar surface area (TPSA) is 37.4 Å². The van der Waals surface area contributed by atoms with Crippen LogP contribution in [0.2, 0.25) is 0 Å². The highest BCUT2D eigenvalue weighted by Gasteiger charge is 2.37. The number of hydrogen-bond donors (Lipinski definition) is 1. The maximum absolute atomic E-state index is 13.3. The lowest BCUT2D eigenvalue weighted by Crippen LogP contribution is -2.50. The average molecular weight is 524 g/mol. The Kier molecular flexibility index (Phi) is 7.96. The smallest absolute Gasteiger partial charge is 0.372 e. The van der Waals surface area contributed by atoms with E-state index in [1.54, 1.807) is 6.20 Å². The normalized spacial score (nSPS) is 19.5. The second kappa shape index (κ2) is 11.0. The zero-order valence-corrected chi connectivity index (χ0v) is 20.1. The number of benzene rings is 2. The van der Waals surface area contributed by atoms with E-state index in [1.165, 1.54) is 6.92 Å². The number of rotatable bonds is 7. The first kappa shape index (κ1) is 26.8. The maximum atomic E-state index is 13.3. The third-order valence-corrected chi connectivity index (χ3v) is 6.43. The van der Waals surface area contributed by atoms with E-state index in [4.69, 9.17) is 4.74 Å². The molecule has 1 aliphatic heterocycles. The van der Waals surface area contributed by atoms with Crippen molar-refractivity contribution in [3.05, 3.63) is 89.6 Å². The Morgan fingerprint density at radius 1 is 0.919 bits per heavy atom. The lowest BCUT2D eigenvalue weighted by atomic mass is 9.97. The lowest BCUT2D eigenvalue weighted by molar-refractivity contribution is -0.143. The van der Waals surface area contributed by atoms with Gasteiger partial charge in [0.25, 0.3) is 0 Å². The number of aromatic nitrogens is 1. The molecule has 0 aliphatic carbocycles. The van der Waals surface area contributed by atoms with Gasteiger partial charge >= 0.3 is 12.4 Å². The van der Waals surface area contributed by atoms with Crippen LogP contribution in [0.25, 0.3) is 0 Å². The minimum atomic E-state index is -4.90. The van der Waals surface area contributed by atoms with Crippen LogP contribution in [0.3, 0.4) is 0 Å².